The number of hydrogen-bond donors (Lipinski definition) is 1. The van der Waals surface area contributed by atoms with E-state index in [-0.39, 0.29) is 17.8 Å². The Balaban J connectivity index is 1.98. The van der Waals surface area contributed by atoms with Gasteiger partial charge in [0.1, 0.15) is 11.6 Å². The number of nitrogens with two attached hydrogens (primary N) is 1. The average molecular weight is 291 g/mol. The van der Waals surface area contributed by atoms with Crippen LogP contribution in [0, 0.1) is 5.82 Å². The molecular weight excluding hydrogens is 273 g/mol. The average Bonchev–Trinajstić information content (AvgIpc) is 2.94. The minimum Gasteiger partial charge on any atom is -0.496 e. The van der Waals surface area contributed by atoms with Crippen molar-refractivity contribution >= 4 is 11.3 Å². The highest BCUT2D eigenvalue weighted by atomic mass is 32.1. The van der Waals surface area contributed by atoms with E-state index in [9.17, 15) is 4.39 Å². The first kappa shape index (κ1) is 13.6. The van der Waals surface area contributed by atoms with Crippen molar-refractivity contribution in [3.63, 3.8) is 0 Å². The van der Waals surface area contributed by atoms with Gasteiger partial charge in [-0.2, -0.15) is 0 Å². The number of methoxy groups -OCH3 is 1. The van der Waals surface area contributed by atoms with Crippen molar-refractivity contribution in [3.05, 3.63) is 51.5 Å². The molecule has 0 amide bonds. The fraction of sp³-hybridized carbons (Fsp3) is 0.375. The number of aryl methyl sites for hydroxylation is 1. The first-order valence-electron chi connectivity index (χ1n) is 6.86. The van der Waals surface area contributed by atoms with Crippen LogP contribution >= 0.6 is 11.3 Å². The Hall–Kier alpha value is -1.39. The van der Waals surface area contributed by atoms with E-state index in [0.29, 0.717) is 5.75 Å². The second-order valence-electron chi connectivity index (χ2n) is 5.21. The van der Waals surface area contributed by atoms with Crippen LogP contribution in [0.5, 0.6) is 5.75 Å². The molecule has 4 heteroatoms. The summed E-state index contributed by atoms with van der Waals surface area (Å²) in [6.07, 6.45) is 3.32. The maximum absolute atomic E-state index is 13.5. The van der Waals surface area contributed by atoms with Gasteiger partial charge in [0, 0.05) is 22.4 Å². The molecule has 0 bridgehead atoms. The summed E-state index contributed by atoms with van der Waals surface area (Å²) in [6, 6.07) is 6.50. The van der Waals surface area contributed by atoms with Gasteiger partial charge in [-0.15, -0.1) is 11.3 Å². The summed E-state index contributed by atoms with van der Waals surface area (Å²) in [4.78, 5) is 1.42. The molecule has 2 nitrogen and oxygen atoms in total. The Morgan fingerprint density at radius 1 is 1.40 bits per heavy atom. The maximum Gasteiger partial charge on any atom is 0.123 e. The molecule has 0 saturated carbocycles. The van der Waals surface area contributed by atoms with Gasteiger partial charge in [0.25, 0.3) is 0 Å². The van der Waals surface area contributed by atoms with Gasteiger partial charge in [0.2, 0.25) is 0 Å². The van der Waals surface area contributed by atoms with Crippen LogP contribution in [-0.4, -0.2) is 7.11 Å². The Kier molecular flexibility index (Phi) is 3.76. The molecule has 2 N–H and O–H groups in total. The summed E-state index contributed by atoms with van der Waals surface area (Å²) < 4.78 is 18.9. The molecule has 1 aromatic heterocycles. The molecule has 3 rings (SSSR count). The highest BCUT2D eigenvalue weighted by molar-refractivity contribution is 7.10. The molecule has 0 radical (unpaired) electrons. The van der Waals surface area contributed by atoms with Crippen LogP contribution in [0.3, 0.4) is 0 Å². The monoisotopic (exact) mass is 291 g/mol. The van der Waals surface area contributed by atoms with E-state index in [4.69, 9.17) is 10.5 Å². The van der Waals surface area contributed by atoms with Crippen molar-refractivity contribution in [2.45, 2.75) is 31.2 Å². The smallest absolute Gasteiger partial charge is 0.123 e. The first-order valence-corrected chi connectivity index (χ1v) is 7.74. The SMILES string of the molecule is COc1ccc(F)cc1C(N)C1CCCc2sccc21. The van der Waals surface area contributed by atoms with Gasteiger partial charge in [-0.05, 0) is 54.5 Å². The highest BCUT2D eigenvalue weighted by Crippen LogP contribution is 2.43. The van der Waals surface area contributed by atoms with Crippen molar-refractivity contribution < 1.29 is 9.13 Å². The number of fused-ring (bicyclic) bond motifs is 1. The Morgan fingerprint density at radius 2 is 2.25 bits per heavy atom. The third-order valence-electron chi connectivity index (χ3n) is 4.08. The van der Waals surface area contributed by atoms with Crippen molar-refractivity contribution in [1.29, 1.82) is 0 Å². The largest absolute Gasteiger partial charge is 0.496 e. The Labute approximate surface area is 122 Å². The number of rotatable bonds is 3. The molecule has 1 heterocycles. The zero-order valence-electron chi connectivity index (χ0n) is 11.4. The van der Waals surface area contributed by atoms with Crippen molar-refractivity contribution in [1.82, 2.24) is 0 Å². The zero-order valence-corrected chi connectivity index (χ0v) is 12.3. The standard InChI is InChI=1S/C16H18FNOS/c1-19-14-6-5-10(17)9-13(14)16(18)12-3-2-4-15-11(12)7-8-20-15/h5-9,12,16H,2-4,18H2,1H3. The van der Waals surface area contributed by atoms with E-state index in [1.54, 1.807) is 24.5 Å². The number of ether oxygens (including phenoxy) is 1. The third kappa shape index (κ3) is 2.34. The first-order chi connectivity index (χ1) is 9.70. The van der Waals surface area contributed by atoms with Crippen LogP contribution < -0.4 is 10.5 Å². The van der Waals surface area contributed by atoms with Gasteiger partial charge < -0.3 is 10.5 Å². The van der Waals surface area contributed by atoms with Crippen molar-refractivity contribution in [3.8, 4) is 5.75 Å². The summed E-state index contributed by atoms with van der Waals surface area (Å²) in [5.74, 6) is 0.652. The summed E-state index contributed by atoms with van der Waals surface area (Å²) in [5, 5.41) is 2.12. The van der Waals surface area contributed by atoms with Crippen LogP contribution in [0.4, 0.5) is 4.39 Å². The number of benzene rings is 1. The summed E-state index contributed by atoms with van der Waals surface area (Å²) in [5.41, 5.74) is 8.54. The van der Waals surface area contributed by atoms with Crippen molar-refractivity contribution in [2.24, 2.45) is 5.73 Å². The topological polar surface area (TPSA) is 35.2 Å². The lowest BCUT2D eigenvalue weighted by Crippen LogP contribution is -2.23. The van der Waals surface area contributed by atoms with Crippen LogP contribution in [0.2, 0.25) is 0 Å². The van der Waals surface area contributed by atoms with E-state index in [1.165, 1.54) is 22.6 Å². The van der Waals surface area contributed by atoms with Crippen LogP contribution in [0.1, 0.15) is 40.8 Å². The zero-order chi connectivity index (χ0) is 14.1. The summed E-state index contributed by atoms with van der Waals surface area (Å²) in [6.45, 7) is 0. The molecule has 0 spiro atoms. The molecule has 1 aliphatic carbocycles. The molecule has 2 atom stereocenters. The molecule has 2 unspecified atom stereocenters. The molecule has 106 valence electrons. The molecule has 2 aromatic rings. The van der Waals surface area contributed by atoms with E-state index >= 15 is 0 Å². The minimum absolute atomic E-state index is 0.228. The van der Waals surface area contributed by atoms with Gasteiger partial charge in [-0.1, -0.05) is 0 Å². The second kappa shape index (κ2) is 5.54. The van der Waals surface area contributed by atoms with Crippen molar-refractivity contribution in [2.75, 3.05) is 7.11 Å². The quantitative estimate of drug-likeness (QED) is 0.927. The van der Waals surface area contributed by atoms with Crippen LogP contribution in [-0.2, 0) is 6.42 Å². The summed E-state index contributed by atoms with van der Waals surface area (Å²) in [7, 11) is 1.60. The fourth-order valence-corrected chi connectivity index (χ4v) is 4.07. The van der Waals surface area contributed by atoms with E-state index in [2.05, 4.69) is 11.4 Å². The van der Waals surface area contributed by atoms with E-state index in [1.807, 2.05) is 0 Å². The third-order valence-corrected chi connectivity index (χ3v) is 5.08. The Morgan fingerprint density at radius 3 is 3.05 bits per heavy atom. The van der Waals surface area contributed by atoms with E-state index in [0.717, 1.165) is 24.8 Å². The molecule has 0 fully saturated rings. The molecule has 1 aromatic carbocycles. The van der Waals surface area contributed by atoms with Gasteiger partial charge in [-0.25, -0.2) is 4.39 Å². The highest BCUT2D eigenvalue weighted by Gasteiger charge is 2.29. The molecule has 1 aliphatic rings. The van der Waals surface area contributed by atoms with Gasteiger partial charge >= 0.3 is 0 Å². The number of halogens is 1. The second-order valence-corrected chi connectivity index (χ2v) is 6.21. The Bertz CT molecular complexity index is 610. The number of hydrogen-bond acceptors (Lipinski definition) is 3. The molecule has 0 aliphatic heterocycles. The van der Waals surface area contributed by atoms with E-state index < -0.39 is 0 Å². The van der Waals surface area contributed by atoms with Gasteiger partial charge in [-0.3, -0.25) is 0 Å². The summed E-state index contributed by atoms with van der Waals surface area (Å²) >= 11 is 1.79. The normalized spacial score (nSPS) is 19.4. The number of thiophene rings is 1. The minimum atomic E-state index is -0.266. The fourth-order valence-electron chi connectivity index (χ4n) is 3.08. The molecule has 20 heavy (non-hydrogen) atoms. The lowest BCUT2D eigenvalue weighted by Gasteiger charge is -2.29. The predicted molar refractivity (Wildman–Crippen MR) is 79.9 cm³/mol. The molecular formula is C16H18FNOS. The van der Waals surface area contributed by atoms with Gasteiger partial charge in [0.15, 0.2) is 0 Å². The lowest BCUT2D eigenvalue weighted by atomic mass is 9.80. The predicted octanol–water partition coefficient (Wildman–Crippen LogP) is 4.02. The van der Waals surface area contributed by atoms with Gasteiger partial charge in [0.05, 0.1) is 7.11 Å². The van der Waals surface area contributed by atoms with Crippen LogP contribution in [0.25, 0.3) is 0 Å². The molecule has 0 saturated heterocycles. The lowest BCUT2D eigenvalue weighted by molar-refractivity contribution is 0.393. The maximum atomic E-state index is 13.5. The van der Waals surface area contributed by atoms with Crippen LogP contribution in [0.15, 0.2) is 29.6 Å².